The molecule has 5 heteroatoms. The summed E-state index contributed by atoms with van der Waals surface area (Å²) < 4.78 is 16.2. The first-order valence-electron chi connectivity index (χ1n) is 9.03. The lowest BCUT2D eigenvalue weighted by atomic mass is 10.1. The topological polar surface area (TPSA) is 65.7 Å². The van der Waals surface area contributed by atoms with Gasteiger partial charge in [-0.05, 0) is 49.4 Å². The molecule has 0 aliphatic heterocycles. The zero-order valence-electron chi connectivity index (χ0n) is 15.1. The summed E-state index contributed by atoms with van der Waals surface area (Å²) in [5.41, 5.74) is 4.13. The van der Waals surface area contributed by atoms with E-state index >= 15 is 0 Å². The van der Waals surface area contributed by atoms with Crippen molar-refractivity contribution in [2.45, 2.75) is 32.8 Å². The van der Waals surface area contributed by atoms with Crippen LogP contribution in [-0.4, -0.2) is 12.6 Å². The quantitative estimate of drug-likeness (QED) is 0.510. The highest BCUT2D eigenvalue weighted by Gasteiger charge is 2.19. The van der Waals surface area contributed by atoms with E-state index in [1.54, 1.807) is 12.1 Å². The Morgan fingerprint density at radius 1 is 1.11 bits per heavy atom. The number of ether oxygens (including phenoxy) is 2. The van der Waals surface area contributed by atoms with E-state index in [2.05, 4.69) is 0 Å². The van der Waals surface area contributed by atoms with Gasteiger partial charge in [-0.25, -0.2) is 9.59 Å². The normalized spacial score (nSPS) is 12.8. The van der Waals surface area contributed by atoms with Crippen molar-refractivity contribution in [1.82, 2.24) is 0 Å². The maximum absolute atomic E-state index is 12.1. The minimum atomic E-state index is -0.452. The Hall–Kier alpha value is -3.08. The first-order chi connectivity index (χ1) is 13.1. The van der Waals surface area contributed by atoms with Crippen molar-refractivity contribution in [1.29, 1.82) is 0 Å². The summed E-state index contributed by atoms with van der Waals surface area (Å²) >= 11 is 0. The number of rotatable bonds is 5. The molecule has 1 aliphatic carbocycles. The zero-order valence-corrected chi connectivity index (χ0v) is 15.1. The molecule has 4 rings (SSSR count). The molecule has 0 radical (unpaired) electrons. The maximum Gasteiger partial charge on any atom is 0.344 e. The van der Waals surface area contributed by atoms with Crippen molar-refractivity contribution >= 4 is 16.9 Å². The standard InChI is InChI=1S/C22H20O5/c1-14-4-2-5-15(10-14)12-26-21(23)13-25-16-8-9-18-17-6-3-7-19(17)22(24)27-20(18)11-16/h2,4-5,8-11H,3,6-7,12-13H2,1H3. The molecular formula is C22H20O5. The van der Waals surface area contributed by atoms with Crippen molar-refractivity contribution in [3.05, 3.63) is 75.1 Å². The molecule has 138 valence electrons. The van der Waals surface area contributed by atoms with E-state index < -0.39 is 5.97 Å². The van der Waals surface area contributed by atoms with E-state index in [9.17, 15) is 9.59 Å². The smallest absolute Gasteiger partial charge is 0.344 e. The first-order valence-corrected chi connectivity index (χ1v) is 9.03. The van der Waals surface area contributed by atoms with Crippen molar-refractivity contribution in [2.24, 2.45) is 0 Å². The monoisotopic (exact) mass is 364 g/mol. The number of carbonyl (C=O) groups excluding carboxylic acids is 1. The van der Waals surface area contributed by atoms with Gasteiger partial charge < -0.3 is 13.9 Å². The lowest BCUT2D eigenvalue weighted by Gasteiger charge is -2.09. The van der Waals surface area contributed by atoms with Gasteiger partial charge in [0.15, 0.2) is 6.61 Å². The lowest BCUT2D eigenvalue weighted by Crippen LogP contribution is -2.15. The summed E-state index contributed by atoms with van der Waals surface area (Å²) in [6, 6.07) is 13.1. The Morgan fingerprint density at radius 2 is 1.96 bits per heavy atom. The van der Waals surface area contributed by atoms with Crippen molar-refractivity contribution in [3.63, 3.8) is 0 Å². The second-order valence-electron chi connectivity index (χ2n) is 6.80. The van der Waals surface area contributed by atoms with Crippen LogP contribution in [-0.2, 0) is 29.0 Å². The van der Waals surface area contributed by atoms with Crippen molar-refractivity contribution in [2.75, 3.05) is 6.61 Å². The van der Waals surface area contributed by atoms with Crippen LogP contribution in [0.2, 0.25) is 0 Å². The van der Waals surface area contributed by atoms with Crippen LogP contribution in [0.25, 0.3) is 11.0 Å². The van der Waals surface area contributed by atoms with Crippen LogP contribution in [0.15, 0.2) is 51.7 Å². The predicted octanol–water partition coefficient (Wildman–Crippen LogP) is 3.71. The highest BCUT2D eigenvalue weighted by Crippen LogP contribution is 2.29. The fraction of sp³-hybridized carbons (Fsp3) is 0.273. The second-order valence-corrected chi connectivity index (χ2v) is 6.80. The Morgan fingerprint density at radius 3 is 2.81 bits per heavy atom. The van der Waals surface area contributed by atoms with E-state index in [1.165, 1.54) is 0 Å². The van der Waals surface area contributed by atoms with Crippen LogP contribution in [0.5, 0.6) is 5.75 Å². The molecule has 0 fully saturated rings. The summed E-state index contributed by atoms with van der Waals surface area (Å²) in [6.07, 6.45) is 2.64. The van der Waals surface area contributed by atoms with Gasteiger partial charge >= 0.3 is 11.6 Å². The SMILES string of the molecule is Cc1cccc(COC(=O)COc2ccc3c4c(c(=O)oc3c2)CCC4)c1. The molecule has 0 bridgehead atoms. The fourth-order valence-corrected chi connectivity index (χ4v) is 3.50. The minimum absolute atomic E-state index is 0.202. The molecule has 0 spiro atoms. The van der Waals surface area contributed by atoms with Crippen LogP contribution in [0.1, 0.15) is 28.7 Å². The third-order valence-electron chi connectivity index (χ3n) is 4.78. The van der Waals surface area contributed by atoms with Gasteiger partial charge in [0.05, 0.1) is 0 Å². The molecule has 2 aromatic carbocycles. The average molecular weight is 364 g/mol. The average Bonchev–Trinajstić information content (AvgIpc) is 3.15. The number of fused-ring (bicyclic) bond motifs is 3. The van der Waals surface area contributed by atoms with Crippen molar-refractivity contribution < 1.29 is 18.7 Å². The van der Waals surface area contributed by atoms with Gasteiger partial charge in [-0.15, -0.1) is 0 Å². The Balaban J connectivity index is 1.41. The van der Waals surface area contributed by atoms with Gasteiger partial charge in [0.25, 0.3) is 0 Å². The third kappa shape index (κ3) is 3.72. The predicted molar refractivity (Wildman–Crippen MR) is 101 cm³/mol. The van der Waals surface area contributed by atoms with E-state index in [1.807, 2.05) is 37.3 Å². The molecule has 0 saturated heterocycles. The van der Waals surface area contributed by atoms with Gasteiger partial charge in [0, 0.05) is 17.0 Å². The Labute approximate surface area is 156 Å². The molecule has 3 aromatic rings. The molecule has 27 heavy (non-hydrogen) atoms. The molecule has 5 nitrogen and oxygen atoms in total. The fourth-order valence-electron chi connectivity index (χ4n) is 3.50. The number of aryl methyl sites for hydroxylation is 2. The molecule has 1 heterocycles. The molecule has 0 saturated carbocycles. The zero-order chi connectivity index (χ0) is 18.8. The van der Waals surface area contributed by atoms with Crippen LogP contribution in [0.4, 0.5) is 0 Å². The van der Waals surface area contributed by atoms with Gasteiger partial charge in [-0.3, -0.25) is 0 Å². The summed E-state index contributed by atoms with van der Waals surface area (Å²) in [5, 5.41) is 0.941. The van der Waals surface area contributed by atoms with E-state index in [4.69, 9.17) is 13.9 Å². The molecule has 1 aromatic heterocycles. The summed E-state index contributed by atoms with van der Waals surface area (Å²) in [4.78, 5) is 24.0. The third-order valence-corrected chi connectivity index (χ3v) is 4.78. The summed E-state index contributed by atoms with van der Waals surface area (Å²) in [5.74, 6) is 0.0168. The first kappa shape index (κ1) is 17.3. The van der Waals surface area contributed by atoms with E-state index in [0.29, 0.717) is 11.3 Å². The maximum atomic E-state index is 12.1. The Bertz CT molecular complexity index is 1060. The van der Waals surface area contributed by atoms with Crippen molar-refractivity contribution in [3.8, 4) is 5.75 Å². The molecule has 0 unspecified atom stereocenters. The molecule has 0 atom stereocenters. The number of hydrogen-bond donors (Lipinski definition) is 0. The van der Waals surface area contributed by atoms with Gasteiger partial charge in [-0.2, -0.15) is 0 Å². The van der Waals surface area contributed by atoms with Gasteiger partial charge in [-0.1, -0.05) is 29.8 Å². The van der Waals surface area contributed by atoms with Crippen LogP contribution in [0.3, 0.4) is 0 Å². The van der Waals surface area contributed by atoms with Crippen LogP contribution >= 0.6 is 0 Å². The van der Waals surface area contributed by atoms with Crippen LogP contribution < -0.4 is 10.4 Å². The van der Waals surface area contributed by atoms with Crippen LogP contribution in [0, 0.1) is 6.92 Å². The summed E-state index contributed by atoms with van der Waals surface area (Å²) in [7, 11) is 0. The largest absolute Gasteiger partial charge is 0.482 e. The molecular weight excluding hydrogens is 344 g/mol. The minimum Gasteiger partial charge on any atom is -0.482 e. The van der Waals surface area contributed by atoms with E-state index in [0.717, 1.165) is 46.9 Å². The molecule has 1 aliphatic rings. The summed E-state index contributed by atoms with van der Waals surface area (Å²) in [6.45, 7) is 2.00. The number of esters is 1. The number of hydrogen-bond acceptors (Lipinski definition) is 5. The lowest BCUT2D eigenvalue weighted by molar-refractivity contribution is -0.147. The van der Waals surface area contributed by atoms with E-state index in [-0.39, 0.29) is 18.8 Å². The molecule has 0 amide bonds. The highest BCUT2D eigenvalue weighted by atomic mass is 16.6. The number of benzene rings is 2. The highest BCUT2D eigenvalue weighted by molar-refractivity contribution is 5.83. The molecule has 0 N–H and O–H groups in total. The van der Waals surface area contributed by atoms with Gasteiger partial charge in [0.2, 0.25) is 0 Å². The second kappa shape index (κ2) is 7.27. The Kier molecular flexibility index (Phi) is 4.67. The van der Waals surface area contributed by atoms with Gasteiger partial charge in [0.1, 0.15) is 17.9 Å². The number of carbonyl (C=O) groups is 1.